The number of hydrogen-bond acceptors (Lipinski definition) is 2. The molecule has 3 nitrogen and oxygen atoms in total. The van der Waals surface area contributed by atoms with Crippen LogP contribution in [-0.4, -0.2) is 10.9 Å². The Morgan fingerprint density at radius 2 is 2.45 bits per heavy atom. The molecule has 56 valence electrons. The summed E-state index contributed by atoms with van der Waals surface area (Å²) in [7, 11) is 0. The second-order valence-corrected chi connectivity index (χ2v) is 2.61. The molecule has 2 heterocycles. The largest absolute Gasteiger partial charge is 0.348 e. The summed E-state index contributed by atoms with van der Waals surface area (Å²) in [6.45, 7) is 2.55. The highest BCUT2D eigenvalue weighted by Gasteiger charge is 2.19. The average Bonchev–Trinajstić information content (AvgIpc) is 2.35. The maximum absolute atomic E-state index is 11.1. The van der Waals surface area contributed by atoms with Crippen molar-refractivity contribution in [2.45, 2.75) is 13.5 Å². The predicted octanol–water partition coefficient (Wildman–Crippen LogP) is 0.633. The van der Waals surface area contributed by atoms with Crippen molar-refractivity contribution in [1.29, 1.82) is 0 Å². The van der Waals surface area contributed by atoms with E-state index in [2.05, 4.69) is 10.3 Å². The van der Waals surface area contributed by atoms with Gasteiger partial charge in [-0.15, -0.1) is 0 Å². The van der Waals surface area contributed by atoms with E-state index < -0.39 is 0 Å². The van der Waals surface area contributed by atoms with E-state index in [0.29, 0.717) is 6.54 Å². The van der Waals surface area contributed by atoms with Gasteiger partial charge in [0.25, 0.3) is 5.91 Å². The molecule has 0 fully saturated rings. The summed E-state index contributed by atoms with van der Waals surface area (Å²) in [5, 5.41) is 2.75. The average molecular weight is 148 g/mol. The number of carbonyl (C=O) groups is 1. The lowest BCUT2D eigenvalue weighted by atomic mass is 10.1. The van der Waals surface area contributed by atoms with Crippen molar-refractivity contribution in [2.75, 3.05) is 0 Å². The lowest BCUT2D eigenvalue weighted by Gasteiger charge is -1.96. The van der Waals surface area contributed by atoms with Gasteiger partial charge in [0.15, 0.2) is 0 Å². The molecule has 1 aliphatic heterocycles. The number of pyridine rings is 1. The summed E-state index contributed by atoms with van der Waals surface area (Å²) in [4.78, 5) is 15.2. The first-order valence-electron chi connectivity index (χ1n) is 3.52. The second-order valence-electron chi connectivity index (χ2n) is 2.61. The normalized spacial score (nSPS) is 14.5. The fourth-order valence-corrected chi connectivity index (χ4v) is 1.30. The highest BCUT2D eigenvalue weighted by Crippen LogP contribution is 2.16. The van der Waals surface area contributed by atoms with Gasteiger partial charge in [0.05, 0.1) is 0 Å². The molecule has 1 aliphatic rings. The highest BCUT2D eigenvalue weighted by atomic mass is 16.1. The van der Waals surface area contributed by atoms with Crippen LogP contribution in [0.4, 0.5) is 0 Å². The van der Waals surface area contributed by atoms with Crippen LogP contribution in [0.2, 0.25) is 0 Å². The Kier molecular flexibility index (Phi) is 1.18. The Bertz CT molecular complexity index is 320. The number of carbonyl (C=O) groups excluding carboxylic acids is 1. The van der Waals surface area contributed by atoms with Gasteiger partial charge >= 0.3 is 0 Å². The van der Waals surface area contributed by atoms with Gasteiger partial charge in [0.1, 0.15) is 0 Å². The number of fused-ring (bicyclic) bond motifs is 1. The van der Waals surface area contributed by atoms with Crippen molar-refractivity contribution in [1.82, 2.24) is 10.3 Å². The van der Waals surface area contributed by atoms with Gasteiger partial charge in [-0.3, -0.25) is 9.78 Å². The predicted molar refractivity (Wildman–Crippen MR) is 40.1 cm³/mol. The summed E-state index contributed by atoms with van der Waals surface area (Å²) in [5.41, 5.74) is 2.76. The molecule has 0 radical (unpaired) electrons. The smallest absolute Gasteiger partial charge is 0.252 e. The number of aryl methyl sites for hydroxylation is 1. The van der Waals surface area contributed by atoms with Gasteiger partial charge in [-0.05, 0) is 13.0 Å². The zero-order valence-electron chi connectivity index (χ0n) is 6.22. The van der Waals surface area contributed by atoms with E-state index in [-0.39, 0.29) is 5.91 Å². The van der Waals surface area contributed by atoms with Gasteiger partial charge in [-0.25, -0.2) is 0 Å². The molecule has 0 saturated carbocycles. The SMILES string of the molecule is Cc1nccc2c1CNC2=O. The lowest BCUT2D eigenvalue weighted by Crippen LogP contribution is -2.12. The first kappa shape index (κ1) is 6.34. The molecule has 0 bridgehead atoms. The summed E-state index contributed by atoms with van der Waals surface area (Å²) in [5.74, 6) is 0.0190. The molecule has 3 heteroatoms. The number of nitrogens with zero attached hydrogens (tertiary/aromatic N) is 1. The van der Waals surface area contributed by atoms with Gasteiger partial charge < -0.3 is 5.32 Å². The third kappa shape index (κ3) is 0.808. The monoisotopic (exact) mass is 148 g/mol. The van der Waals surface area contributed by atoms with Crippen molar-refractivity contribution in [3.8, 4) is 0 Å². The van der Waals surface area contributed by atoms with E-state index in [9.17, 15) is 4.79 Å². The first-order chi connectivity index (χ1) is 5.29. The van der Waals surface area contributed by atoms with Crippen molar-refractivity contribution in [3.05, 3.63) is 29.1 Å². The first-order valence-corrected chi connectivity index (χ1v) is 3.52. The molecule has 11 heavy (non-hydrogen) atoms. The van der Waals surface area contributed by atoms with Crippen LogP contribution in [-0.2, 0) is 6.54 Å². The Hall–Kier alpha value is -1.38. The van der Waals surface area contributed by atoms with E-state index >= 15 is 0 Å². The molecule has 1 amide bonds. The van der Waals surface area contributed by atoms with Crippen LogP contribution in [0.15, 0.2) is 12.3 Å². The highest BCUT2D eigenvalue weighted by molar-refractivity contribution is 5.98. The zero-order valence-corrected chi connectivity index (χ0v) is 6.22. The number of aromatic nitrogens is 1. The van der Waals surface area contributed by atoms with Crippen molar-refractivity contribution in [2.24, 2.45) is 0 Å². The number of rotatable bonds is 0. The Morgan fingerprint density at radius 1 is 1.64 bits per heavy atom. The zero-order chi connectivity index (χ0) is 7.84. The molecule has 1 aromatic rings. The van der Waals surface area contributed by atoms with E-state index in [1.165, 1.54) is 0 Å². The minimum Gasteiger partial charge on any atom is -0.348 e. The van der Waals surface area contributed by atoms with Crippen LogP contribution in [0.25, 0.3) is 0 Å². The summed E-state index contributed by atoms with van der Waals surface area (Å²) < 4.78 is 0. The third-order valence-corrected chi connectivity index (χ3v) is 1.94. The summed E-state index contributed by atoms with van der Waals surface area (Å²) >= 11 is 0. The minimum absolute atomic E-state index is 0.0190. The third-order valence-electron chi connectivity index (χ3n) is 1.94. The standard InChI is InChI=1S/C8H8N2O/c1-5-7-4-10-8(11)6(7)2-3-9-5/h2-3H,4H2,1H3,(H,10,11). The molecule has 2 rings (SSSR count). The maximum Gasteiger partial charge on any atom is 0.252 e. The Balaban J connectivity index is 2.66. The van der Waals surface area contributed by atoms with Gasteiger partial charge in [-0.2, -0.15) is 0 Å². The van der Waals surface area contributed by atoms with Crippen LogP contribution < -0.4 is 5.32 Å². The molecule has 1 aromatic heterocycles. The van der Waals surface area contributed by atoms with Crippen LogP contribution in [0, 0.1) is 6.92 Å². The van der Waals surface area contributed by atoms with E-state index in [1.54, 1.807) is 12.3 Å². The molecular formula is C8H8N2O. The molecular weight excluding hydrogens is 140 g/mol. The molecule has 0 spiro atoms. The Labute approximate surface area is 64.5 Å². The topological polar surface area (TPSA) is 42.0 Å². The van der Waals surface area contributed by atoms with E-state index in [0.717, 1.165) is 16.8 Å². The summed E-state index contributed by atoms with van der Waals surface area (Å²) in [6.07, 6.45) is 1.67. The minimum atomic E-state index is 0.0190. The maximum atomic E-state index is 11.1. The fraction of sp³-hybridized carbons (Fsp3) is 0.250. The van der Waals surface area contributed by atoms with Crippen LogP contribution in [0.1, 0.15) is 21.6 Å². The van der Waals surface area contributed by atoms with E-state index in [1.807, 2.05) is 6.92 Å². The van der Waals surface area contributed by atoms with Crippen molar-refractivity contribution < 1.29 is 4.79 Å². The summed E-state index contributed by atoms with van der Waals surface area (Å²) in [6, 6.07) is 1.75. The second kappa shape index (κ2) is 2.05. The van der Waals surface area contributed by atoms with Gasteiger partial charge in [0, 0.05) is 29.6 Å². The number of hydrogen-bond donors (Lipinski definition) is 1. The van der Waals surface area contributed by atoms with Crippen molar-refractivity contribution >= 4 is 5.91 Å². The number of nitrogens with one attached hydrogen (secondary N) is 1. The van der Waals surface area contributed by atoms with Gasteiger partial charge in [0.2, 0.25) is 0 Å². The molecule has 0 atom stereocenters. The van der Waals surface area contributed by atoms with Crippen LogP contribution in [0.5, 0.6) is 0 Å². The van der Waals surface area contributed by atoms with Crippen molar-refractivity contribution in [3.63, 3.8) is 0 Å². The van der Waals surface area contributed by atoms with Crippen LogP contribution in [0.3, 0.4) is 0 Å². The quantitative estimate of drug-likeness (QED) is 0.586. The lowest BCUT2D eigenvalue weighted by molar-refractivity contribution is 0.0965. The molecule has 0 aliphatic carbocycles. The molecule has 0 saturated heterocycles. The fourth-order valence-electron chi connectivity index (χ4n) is 1.30. The van der Waals surface area contributed by atoms with Crippen LogP contribution >= 0.6 is 0 Å². The van der Waals surface area contributed by atoms with Gasteiger partial charge in [-0.1, -0.05) is 0 Å². The number of amides is 1. The molecule has 0 aromatic carbocycles. The molecule has 1 N–H and O–H groups in total. The Morgan fingerprint density at radius 3 is 3.18 bits per heavy atom. The molecule has 0 unspecified atom stereocenters. The van der Waals surface area contributed by atoms with E-state index in [4.69, 9.17) is 0 Å².